The summed E-state index contributed by atoms with van der Waals surface area (Å²) in [5, 5.41) is 0. The van der Waals surface area contributed by atoms with Gasteiger partial charge in [-0.05, 0) is 133 Å². The molecule has 0 bridgehead atoms. The highest BCUT2D eigenvalue weighted by atomic mass is 14.5. The maximum absolute atomic E-state index is 2.65. The van der Waals surface area contributed by atoms with E-state index in [-0.39, 0.29) is 10.8 Å². The fourth-order valence-electron chi connectivity index (χ4n) is 9.28. The van der Waals surface area contributed by atoms with Crippen LogP contribution in [0.25, 0.3) is 33.4 Å². The van der Waals surface area contributed by atoms with E-state index in [2.05, 4.69) is 130 Å². The molecule has 0 N–H and O–H groups in total. The summed E-state index contributed by atoms with van der Waals surface area (Å²) in [6, 6.07) is 24.4. The minimum absolute atomic E-state index is 0.0355. The minimum atomic E-state index is 0.0355. The van der Waals surface area contributed by atoms with Crippen molar-refractivity contribution in [1.29, 1.82) is 0 Å². The van der Waals surface area contributed by atoms with Crippen LogP contribution in [-0.4, -0.2) is 0 Å². The monoisotopic (exact) mass is 612 g/mol. The lowest BCUT2D eigenvalue weighted by Gasteiger charge is -2.53. The molecule has 0 saturated heterocycles. The van der Waals surface area contributed by atoms with Crippen LogP contribution in [0.2, 0.25) is 0 Å². The highest BCUT2D eigenvalue weighted by Crippen LogP contribution is 2.59. The van der Waals surface area contributed by atoms with Gasteiger partial charge in [-0.25, -0.2) is 0 Å². The molecule has 0 radical (unpaired) electrons. The van der Waals surface area contributed by atoms with Gasteiger partial charge in [-0.2, -0.15) is 0 Å². The Morgan fingerprint density at radius 2 is 0.783 bits per heavy atom. The van der Waals surface area contributed by atoms with Crippen LogP contribution in [0.1, 0.15) is 136 Å². The van der Waals surface area contributed by atoms with E-state index in [0.29, 0.717) is 0 Å². The number of hydrogen-bond donors (Lipinski definition) is 0. The van der Waals surface area contributed by atoms with Gasteiger partial charge in [-0.1, -0.05) is 139 Å². The number of unbranched alkanes of at least 4 members (excludes halogenated alkanes) is 6. The van der Waals surface area contributed by atoms with Gasteiger partial charge in [0, 0.05) is 10.8 Å². The summed E-state index contributed by atoms with van der Waals surface area (Å²) in [6.45, 7) is 23.6. The molecule has 2 unspecified atom stereocenters. The van der Waals surface area contributed by atoms with Crippen LogP contribution in [0.4, 0.5) is 0 Å². The highest BCUT2D eigenvalue weighted by Gasteiger charge is 2.51. The standard InChI is InChI=1S/C46H60/c1-11-13-15-17-23-45(9)41-29-37(43-33(5)25-31(3)26-34(43)6)19-21-39(41)40-22-20-38(44-35(7)27-32(4)28-36(44)8)30-42(40)46(45,10)24-18-16-14-12-2/h19-22,25-30H,11-18,23-24H2,1-10H3. The van der Waals surface area contributed by atoms with Crippen LogP contribution >= 0.6 is 0 Å². The normalized spacial score (nSPS) is 18.8. The molecule has 2 atom stereocenters. The van der Waals surface area contributed by atoms with Crippen molar-refractivity contribution < 1.29 is 0 Å². The topological polar surface area (TPSA) is 0 Å². The van der Waals surface area contributed by atoms with Crippen molar-refractivity contribution in [2.45, 2.75) is 144 Å². The van der Waals surface area contributed by atoms with E-state index in [1.54, 1.807) is 11.1 Å². The first-order valence-electron chi connectivity index (χ1n) is 18.4. The molecule has 0 spiro atoms. The lowest BCUT2D eigenvalue weighted by Crippen LogP contribution is -2.48. The predicted octanol–water partition coefficient (Wildman–Crippen LogP) is 14.0. The van der Waals surface area contributed by atoms with E-state index in [1.165, 1.54) is 131 Å². The Morgan fingerprint density at radius 3 is 1.11 bits per heavy atom. The van der Waals surface area contributed by atoms with Crippen molar-refractivity contribution in [2.24, 2.45) is 0 Å². The molecule has 0 aromatic heterocycles. The zero-order valence-corrected chi connectivity index (χ0v) is 30.8. The van der Waals surface area contributed by atoms with Gasteiger partial charge in [0.05, 0.1) is 0 Å². The largest absolute Gasteiger partial charge is 0.0654 e. The summed E-state index contributed by atoms with van der Waals surface area (Å²) in [4.78, 5) is 0. The van der Waals surface area contributed by atoms with E-state index in [4.69, 9.17) is 0 Å². The van der Waals surface area contributed by atoms with Gasteiger partial charge in [0.2, 0.25) is 0 Å². The van der Waals surface area contributed by atoms with Crippen molar-refractivity contribution in [3.63, 3.8) is 0 Å². The van der Waals surface area contributed by atoms with Crippen LogP contribution < -0.4 is 0 Å². The van der Waals surface area contributed by atoms with Crippen LogP contribution in [0.5, 0.6) is 0 Å². The fourth-order valence-corrected chi connectivity index (χ4v) is 9.28. The number of hydrogen-bond acceptors (Lipinski definition) is 0. The Kier molecular flexibility index (Phi) is 10.4. The summed E-state index contributed by atoms with van der Waals surface area (Å²) >= 11 is 0. The second kappa shape index (κ2) is 13.9. The molecule has 0 saturated carbocycles. The summed E-state index contributed by atoms with van der Waals surface area (Å²) in [5.74, 6) is 0. The van der Waals surface area contributed by atoms with E-state index in [9.17, 15) is 0 Å². The molecule has 244 valence electrons. The molecule has 4 aromatic carbocycles. The van der Waals surface area contributed by atoms with Crippen molar-refractivity contribution in [3.8, 4) is 33.4 Å². The third kappa shape index (κ3) is 6.26. The molecule has 1 aliphatic carbocycles. The zero-order valence-electron chi connectivity index (χ0n) is 30.8. The van der Waals surface area contributed by atoms with Crippen molar-refractivity contribution >= 4 is 0 Å². The van der Waals surface area contributed by atoms with Gasteiger partial charge in [0.25, 0.3) is 0 Å². The van der Waals surface area contributed by atoms with Gasteiger partial charge >= 0.3 is 0 Å². The Balaban J connectivity index is 1.77. The van der Waals surface area contributed by atoms with Gasteiger partial charge < -0.3 is 0 Å². The van der Waals surface area contributed by atoms with Gasteiger partial charge in [-0.15, -0.1) is 0 Å². The maximum Gasteiger partial charge on any atom is 0.00255 e. The molecule has 0 amide bonds. The fraction of sp³-hybridized carbons (Fsp3) is 0.478. The first-order valence-corrected chi connectivity index (χ1v) is 18.4. The summed E-state index contributed by atoms with van der Waals surface area (Å²) in [6.07, 6.45) is 12.9. The molecule has 4 aromatic rings. The smallest absolute Gasteiger partial charge is 0.00255 e. The van der Waals surface area contributed by atoms with Crippen molar-refractivity contribution in [1.82, 2.24) is 0 Å². The predicted molar refractivity (Wildman–Crippen MR) is 203 cm³/mol. The molecule has 0 nitrogen and oxygen atoms in total. The molecular weight excluding hydrogens is 553 g/mol. The SMILES string of the molecule is CCCCCCC1(C)c2cc(-c3c(C)cc(C)cc3C)ccc2-c2ccc(-c3c(C)cc(C)cc3C)cc2C1(C)CCCCCC. The number of aryl methyl sites for hydroxylation is 6. The van der Waals surface area contributed by atoms with Crippen molar-refractivity contribution in [3.05, 3.63) is 105 Å². The average molecular weight is 613 g/mol. The molecule has 5 rings (SSSR count). The second-order valence-electron chi connectivity index (χ2n) is 15.4. The summed E-state index contributed by atoms with van der Waals surface area (Å²) in [7, 11) is 0. The minimum Gasteiger partial charge on any atom is -0.0654 e. The third-order valence-corrected chi connectivity index (χ3v) is 11.7. The molecule has 0 heterocycles. The number of benzene rings is 4. The van der Waals surface area contributed by atoms with Crippen LogP contribution in [0, 0.1) is 41.5 Å². The Bertz CT molecular complexity index is 1530. The Labute approximate surface area is 282 Å². The van der Waals surface area contributed by atoms with E-state index >= 15 is 0 Å². The summed E-state index contributed by atoms with van der Waals surface area (Å²) in [5.41, 5.74) is 19.9. The Hall–Kier alpha value is -3.12. The van der Waals surface area contributed by atoms with E-state index in [0.717, 1.165) is 0 Å². The second-order valence-corrected chi connectivity index (χ2v) is 15.4. The lowest BCUT2D eigenvalue weighted by molar-refractivity contribution is 0.205. The zero-order chi connectivity index (χ0) is 33.2. The van der Waals surface area contributed by atoms with E-state index < -0.39 is 0 Å². The molecule has 1 aliphatic rings. The van der Waals surface area contributed by atoms with Gasteiger partial charge in [-0.3, -0.25) is 0 Å². The number of rotatable bonds is 12. The lowest BCUT2D eigenvalue weighted by atomic mass is 9.50. The quantitative estimate of drug-likeness (QED) is 0.140. The first kappa shape index (κ1) is 34.2. The third-order valence-electron chi connectivity index (χ3n) is 11.7. The molecular formula is C46H60. The van der Waals surface area contributed by atoms with E-state index in [1.807, 2.05) is 0 Å². The van der Waals surface area contributed by atoms with Crippen LogP contribution in [-0.2, 0) is 10.8 Å². The number of fused-ring (bicyclic) bond motifs is 3. The van der Waals surface area contributed by atoms with Crippen LogP contribution in [0.3, 0.4) is 0 Å². The maximum atomic E-state index is 2.65. The first-order chi connectivity index (χ1) is 21.9. The molecule has 0 aliphatic heterocycles. The molecule has 0 fully saturated rings. The Morgan fingerprint density at radius 1 is 0.435 bits per heavy atom. The van der Waals surface area contributed by atoms with Crippen molar-refractivity contribution in [2.75, 3.05) is 0 Å². The highest BCUT2D eigenvalue weighted by molar-refractivity contribution is 5.85. The van der Waals surface area contributed by atoms with Gasteiger partial charge in [0.1, 0.15) is 0 Å². The van der Waals surface area contributed by atoms with Crippen LogP contribution in [0.15, 0.2) is 60.7 Å². The van der Waals surface area contributed by atoms with Gasteiger partial charge in [0.15, 0.2) is 0 Å². The molecule has 46 heavy (non-hydrogen) atoms. The average Bonchev–Trinajstić information content (AvgIpc) is 3.00. The summed E-state index contributed by atoms with van der Waals surface area (Å²) < 4.78 is 0. The molecule has 0 heteroatoms.